The normalized spacial score (nSPS) is 14.8. The molecule has 0 aliphatic carbocycles. The summed E-state index contributed by atoms with van der Waals surface area (Å²) in [5.74, 6) is -1.18. The van der Waals surface area contributed by atoms with Crippen molar-refractivity contribution in [3.63, 3.8) is 0 Å². The maximum absolute atomic E-state index is 12.9. The van der Waals surface area contributed by atoms with E-state index in [1.807, 2.05) is 0 Å². The van der Waals surface area contributed by atoms with Crippen LogP contribution in [0.2, 0.25) is 0 Å². The fourth-order valence-electron chi connectivity index (χ4n) is 1.96. The highest BCUT2D eigenvalue weighted by Crippen LogP contribution is 2.26. The molecule has 0 aliphatic heterocycles. The lowest BCUT2D eigenvalue weighted by molar-refractivity contribution is -0.380. The Balaban J connectivity index is 3.29. The molecule has 0 fully saturated rings. The summed E-state index contributed by atoms with van der Waals surface area (Å²) in [6.07, 6.45) is 2.16. The Morgan fingerprint density at radius 1 is 1.00 bits per heavy atom. The molecule has 0 spiro atoms. The lowest BCUT2D eigenvalue weighted by Crippen LogP contribution is -2.84. The van der Waals surface area contributed by atoms with Crippen molar-refractivity contribution in [1.82, 2.24) is 0 Å². The second-order valence-electron chi connectivity index (χ2n) is 7.95. The van der Waals surface area contributed by atoms with Gasteiger partial charge in [-0.2, -0.15) is 0 Å². The number of benzene rings is 1. The summed E-state index contributed by atoms with van der Waals surface area (Å²) in [6.45, 7) is 7.64. The molecule has 0 radical (unpaired) electrons. The molecule has 0 aliphatic rings. The third-order valence-corrected chi connectivity index (χ3v) is 7.65. The zero-order valence-electron chi connectivity index (χ0n) is 16.8. The highest BCUT2D eigenvalue weighted by molar-refractivity contribution is 7.93. The molecule has 0 heterocycles. The minimum absolute atomic E-state index is 0.0333. The van der Waals surface area contributed by atoms with E-state index in [4.69, 9.17) is 5.73 Å². The summed E-state index contributed by atoms with van der Waals surface area (Å²) in [6, 6.07) is 4.61. The first kappa shape index (κ1) is 23.8. The molecular weight excluding hydrogens is 404 g/mol. The van der Waals surface area contributed by atoms with Crippen LogP contribution in [0.1, 0.15) is 34.6 Å². The van der Waals surface area contributed by atoms with E-state index in [2.05, 4.69) is 4.99 Å². The Labute approximate surface area is 166 Å². The topological polar surface area (TPSA) is 146 Å². The van der Waals surface area contributed by atoms with Gasteiger partial charge in [0.15, 0.2) is 24.4 Å². The molecule has 1 aromatic rings. The number of nitrogens with two attached hydrogens (primary N) is 1. The smallest absolute Gasteiger partial charge is 0.328 e. The van der Waals surface area contributed by atoms with Crippen LogP contribution in [-0.4, -0.2) is 44.7 Å². The highest BCUT2D eigenvalue weighted by Gasteiger charge is 2.44. The number of amidine groups is 1. The molecule has 0 saturated carbocycles. The van der Waals surface area contributed by atoms with Crippen LogP contribution in [0.25, 0.3) is 0 Å². The first-order chi connectivity index (χ1) is 12.4. The van der Waals surface area contributed by atoms with Crippen molar-refractivity contribution in [2.45, 2.75) is 49.2 Å². The summed E-state index contributed by atoms with van der Waals surface area (Å²) in [4.78, 5) is 14.6. The van der Waals surface area contributed by atoms with Gasteiger partial charge in [-0.15, -0.1) is 0 Å². The second-order valence-corrected chi connectivity index (χ2v) is 12.5. The first-order valence-electron chi connectivity index (χ1n) is 8.30. The van der Waals surface area contributed by atoms with E-state index in [9.17, 15) is 26.7 Å². The number of hydrogen-bond acceptors (Lipinski definition) is 6. The molecule has 1 rings (SSSR count). The van der Waals surface area contributed by atoms with Gasteiger partial charge in [0.25, 0.3) is 5.84 Å². The second kappa shape index (κ2) is 7.67. The van der Waals surface area contributed by atoms with E-state index < -0.39 is 35.7 Å². The highest BCUT2D eigenvalue weighted by atomic mass is 32.2. The summed E-state index contributed by atoms with van der Waals surface area (Å²) in [7, 11) is -7.64. The zero-order chi connectivity index (χ0) is 22.1. The van der Waals surface area contributed by atoms with Crippen molar-refractivity contribution in [2.24, 2.45) is 11.1 Å². The van der Waals surface area contributed by atoms with Gasteiger partial charge >= 0.3 is 5.91 Å². The summed E-state index contributed by atoms with van der Waals surface area (Å²) in [5, 5.41) is 9.94. The van der Waals surface area contributed by atoms with E-state index in [1.165, 1.54) is 26.0 Å². The van der Waals surface area contributed by atoms with Crippen molar-refractivity contribution in [3.8, 4) is 0 Å². The number of allylic oxidation sites excluding steroid dienone is 1. The number of carbonyl (C=O) groups is 1. The van der Waals surface area contributed by atoms with Crippen LogP contribution < -0.4 is 10.7 Å². The Bertz CT molecular complexity index is 1030. The van der Waals surface area contributed by atoms with Gasteiger partial charge in [0.05, 0.1) is 15.9 Å². The van der Waals surface area contributed by atoms with Crippen LogP contribution in [0.15, 0.2) is 45.9 Å². The van der Waals surface area contributed by atoms with Gasteiger partial charge in [-0.1, -0.05) is 20.8 Å². The van der Waals surface area contributed by atoms with Gasteiger partial charge < -0.3 is 5.11 Å². The number of aliphatic hydroxyl groups is 1. The van der Waals surface area contributed by atoms with E-state index >= 15 is 0 Å². The van der Waals surface area contributed by atoms with Crippen LogP contribution >= 0.6 is 0 Å². The van der Waals surface area contributed by atoms with E-state index in [-0.39, 0.29) is 21.4 Å². The fraction of sp³-hybridized carbons (Fsp3) is 0.444. The van der Waals surface area contributed by atoms with Crippen LogP contribution in [0.5, 0.6) is 0 Å². The molecule has 0 unspecified atom stereocenters. The van der Waals surface area contributed by atoms with Gasteiger partial charge in [0.2, 0.25) is 0 Å². The number of amides is 1. The average Bonchev–Trinajstić information content (AvgIpc) is 2.52. The van der Waals surface area contributed by atoms with Crippen LogP contribution in [0, 0.1) is 5.41 Å². The SMILES string of the molecule is CC(C)(C)/C(O)=C/C(N)=[NH+]C(=O)C(C)(C)S(=O)(=O)c1ccc(S(C)(=O)=O)cc1. The first-order valence-corrected chi connectivity index (χ1v) is 11.7. The van der Waals surface area contributed by atoms with Gasteiger partial charge in [-0.3, -0.25) is 5.73 Å². The van der Waals surface area contributed by atoms with Gasteiger partial charge in [0, 0.05) is 11.7 Å². The quantitative estimate of drug-likeness (QED) is 0.340. The number of sulfone groups is 2. The van der Waals surface area contributed by atoms with Gasteiger partial charge in [0.1, 0.15) is 5.76 Å². The Morgan fingerprint density at radius 3 is 1.82 bits per heavy atom. The molecule has 156 valence electrons. The van der Waals surface area contributed by atoms with Crippen LogP contribution in [-0.2, 0) is 24.5 Å². The standard InChI is InChI=1S/C18H26N2O6S2/c1-17(2,3)14(21)11-15(19)20-16(22)18(4,5)28(25,26)13-9-7-12(8-10-13)27(6,23)24/h7-11,21H,1-6H3,(H2,19,20,22)/p+1/b14-11-. The maximum Gasteiger partial charge on any atom is 0.328 e. The lowest BCUT2D eigenvalue weighted by atomic mass is 9.93. The van der Waals surface area contributed by atoms with Gasteiger partial charge in [-0.05, 0) is 38.1 Å². The summed E-state index contributed by atoms with van der Waals surface area (Å²) in [5.41, 5.74) is 5.11. The summed E-state index contributed by atoms with van der Waals surface area (Å²) < 4.78 is 46.9. The number of aliphatic hydroxyl groups excluding tert-OH is 1. The Kier molecular flexibility index (Phi) is 6.53. The third kappa shape index (κ3) is 5.20. The molecule has 1 aromatic carbocycles. The number of carbonyl (C=O) groups excluding carboxylic acids is 1. The lowest BCUT2D eigenvalue weighted by Gasteiger charge is -2.20. The number of hydrogen-bond donors (Lipinski definition) is 3. The van der Waals surface area contributed by atoms with E-state index in [0.29, 0.717) is 0 Å². The monoisotopic (exact) mass is 431 g/mol. The molecule has 8 nitrogen and oxygen atoms in total. The van der Waals surface area contributed by atoms with Gasteiger partial charge in [-0.25, -0.2) is 26.6 Å². The van der Waals surface area contributed by atoms with Crippen molar-refractivity contribution in [3.05, 3.63) is 36.1 Å². The van der Waals surface area contributed by atoms with Crippen LogP contribution in [0.3, 0.4) is 0 Å². The Hall–Kier alpha value is -2.20. The number of rotatable bonds is 5. The molecule has 0 bridgehead atoms. The van der Waals surface area contributed by atoms with Crippen molar-refractivity contribution in [1.29, 1.82) is 0 Å². The molecule has 0 atom stereocenters. The minimum atomic E-state index is -4.16. The summed E-state index contributed by atoms with van der Waals surface area (Å²) >= 11 is 0. The minimum Gasteiger partial charge on any atom is -0.511 e. The predicted molar refractivity (Wildman–Crippen MR) is 106 cm³/mol. The largest absolute Gasteiger partial charge is 0.511 e. The molecule has 28 heavy (non-hydrogen) atoms. The predicted octanol–water partition coefficient (Wildman–Crippen LogP) is 0.0948. The van der Waals surface area contributed by atoms with Crippen molar-refractivity contribution in [2.75, 3.05) is 6.26 Å². The molecular formula is C18H27N2O6S2+. The number of nitrogens with one attached hydrogen (secondary N) is 1. The molecule has 10 heteroatoms. The average molecular weight is 432 g/mol. The van der Waals surface area contributed by atoms with Crippen LogP contribution in [0.4, 0.5) is 0 Å². The maximum atomic E-state index is 12.9. The third-order valence-electron chi connectivity index (χ3n) is 4.10. The van der Waals surface area contributed by atoms with E-state index in [1.54, 1.807) is 20.8 Å². The van der Waals surface area contributed by atoms with Crippen molar-refractivity contribution < 1.29 is 31.7 Å². The van der Waals surface area contributed by atoms with Crippen molar-refractivity contribution >= 4 is 31.4 Å². The Morgan fingerprint density at radius 2 is 1.43 bits per heavy atom. The van der Waals surface area contributed by atoms with E-state index in [0.717, 1.165) is 24.5 Å². The molecule has 1 amide bonds. The zero-order valence-corrected chi connectivity index (χ0v) is 18.4. The molecule has 4 N–H and O–H groups in total. The fourth-order valence-corrected chi connectivity index (χ4v) is 3.97. The molecule has 0 saturated heterocycles. The molecule has 0 aromatic heterocycles.